The maximum Gasteiger partial charge on any atom is 0.193 e. The Bertz CT molecular complexity index is 1410. The van der Waals surface area contributed by atoms with Crippen molar-refractivity contribution in [3.05, 3.63) is 137 Å². The van der Waals surface area contributed by atoms with Crippen molar-refractivity contribution in [3.8, 4) is 0 Å². The third kappa shape index (κ3) is 5.56. The molecule has 0 aliphatic heterocycles. The van der Waals surface area contributed by atoms with Gasteiger partial charge in [-0.3, -0.25) is 9.79 Å². The average molecular weight is 460 g/mol. The molecule has 35 heavy (non-hydrogen) atoms. The lowest BCUT2D eigenvalue weighted by molar-refractivity contribution is 0.103. The van der Waals surface area contributed by atoms with Gasteiger partial charge in [0.15, 0.2) is 5.78 Å². The minimum absolute atomic E-state index is 0.105. The van der Waals surface area contributed by atoms with Gasteiger partial charge < -0.3 is 10.6 Å². The van der Waals surface area contributed by atoms with Crippen LogP contribution in [0.2, 0.25) is 0 Å². The van der Waals surface area contributed by atoms with Crippen molar-refractivity contribution in [2.24, 2.45) is 4.99 Å². The zero-order valence-electron chi connectivity index (χ0n) is 20.1. The molecule has 0 aromatic heterocycles. The van der Waals surface area contributed by atoms with Crippen LogP contribution in [-0.4, -0.2) is 19.2 Å². The van der Waals surface area contributed by atoms with Crippen LogP contribution in [0.4, 0.5) is 5.69 Å². The highest BCUT2D eigenvalue weighted by molar-refractivity contribution is 6.18. The number of anilines is 1. The Kier molecular flexibility index (Phi) is 7.53. The maximum atomic E-state index is 13.5. The van der Waals surface area contributed by atoms with Gasteiger partial charge in [-0.15, -0.1) is 0 Å². The van der Waals surface area contributed by atoms with E-state index in [1.807, 2.05) is 85.8 Å². The van der Waals surface area contributed by atoms with Crippen LogP contribution < -0.4 is 10.6 Å². The highest BCUT2D eigenvalue weighted by atomic mass is 16.1. The Hall–Kier alpha value is -4.44. The first-order valence-corrected chi connectivity index (χ1v) is 11.6. The summed E-state index contributed by atoms with van der Waals surface area (Å²) >= 11 is 0. The van der Waals surface area contributed by atoms with Crippen molar-refractivity contribution in [1.29, 1.82) is 0 Å². The van der Waals surface area contributed by atoms with Gasteiger partial charge in [-0.2, -0.15) is 0 Å². The Labute approximate surface area is 206 Å². The normalized spacial score (nSPS) is 11.8. The van der Waals surface area contributed by atoms with Crippen LogP contribution in [0.25, 0.3) is 10.8 Å². The lowest BCUT2D eigenvalue weighted by Crippen LogP contribution is -2.22. The monoisotopic (exact) mass is 459 g/mol. The number of hydrogen-bond acceptors (Lipinski definition) is 3. The maximum absolute atomic E-state index is 13.5. The van der Waals surface area contributed by atoms with E-state index < -0.39 is 0 Å². The molecule has 4 heteroatoms. The van der Waals surface area contributed by atoms with E-state index in [0.717, 1.165) is 34.0 Å². The topological polar surface area (TPSA) is 53.5 Å². The number of ketones is 1. The summed E-state index contributed by atoms with van der Waals surface area (Å²) in [5.74, 6) is 0.557. The van der Waals surface area contributed by atoms with Crippen molar-refractivity contribution >= 4 is 28.6 Å². The number of rotatable bonds is 9. The van der Waals surface area contributed by atoms with Crippen LogP contribution in [0.3, 0.4) is 0 Å². The quantitative estimate of drug-likeness (QED) is 0.0956. The third-order valence-corrected chi connectivity index (χ3v) is 5.99. The number of allylic oxidation sites excluding steroid dienone is 2. The molecule has 0 aliphatic carbocycles. The SMILES string of the molecule is C=C(C(=O)c1cccc2ccccc12)/C(C)=C(/NC=NC)Nc1ccccc1Cc1ccccc1. The molecule has 0 bridgehead atoms. The van der Waals surface area contributed by atoms with Crippen LogP contribution in [0.5, 0.6) is 0 Å². The summed E-state index contributed by atoms with van der Waals surface area (Å²) in [6, 6.07) is 32.2. The van der Waals surface area contributed by atoms with Gasteiger partial charge in [-0.25, -0.2) is 0 Å². The second-order valence-electron chi connectivity index (χ2n) is 8.31. The molecule has 0 radical (unpaired) electrons. The van der Waals surface area contributed by atoms with E-state index in [2.05, 4.69) is 40.4 Å². The number of aliphatic imine (C=N–C) groups is 1. The lowest BCUT2D eigenvalue weighted by atomic mass is 9.94. The van der Waals surface area contributed by atoms with Crippen molar-refractivity contribution in [1.82, 2.24) is 5.32 Å². The van der Waals surface area contributed by atoms with Crippen molar-refractivity contribution in [3.63, 3.8) is 0 Å². The molecule has 0 aliphatic rings. The number of para-hydroxylation sites is 1. The van der Waals surface area contributed by atoms with E-state index in [0.29, 0.717) is 17.0 Å². The molecule has 0 spiro atoms. The smallest absolute Gasteiger partial charge is 0.193 e. The summed E-state index contributed by atoms with van der Waals surface area (Å²) < 4.78 is 0. The molecule has 0 heterocycles. The summed E-state index contributed by atoms with van der Waals surface area (Å²) in [6.07, 6.45) is 2.38. The molecular formula is C31H29N3O. The molecule has 4 nitrogen and oxygen atoms in total. The van der Waals surface area contributed by atoms with Gasteiger partial charge in [0.05, 0.1) is 6.34 Å². The first-order chi connectivity index (χ1) is 17.1. The van der Waals surface area contributed by atoms with Crippen LogP contribution in [0.15, 0.2) is 126 Å². The van der Waals surface area contributed by atoms with Crippen LogP contribution in [0.1, 0.15) is 28.4 Å². The van der Waals surface area contributed by atoms with Gasteiger partial charge in [0, 0.05) is 29.4 Å². The zero-order chi connectivity index (χ0) is 24.6. The Morgan fingerprint density at radius 3 is 2.37 bits per heavy atom. The molecule has 0 unspecified atom stereocenters. The van der Waals surface area contributed by atoms with Gasteiger partial charge in [-0.1, -0.05) is 97.6 Å². The van der Waals surface area contributed by atoms with Crippen LogP contribution in [0, 0.1) is 0 Å². The second-order valence-corrected chi connectivity index (χ2v) is 8.31. The molecule has 4 aromatic rings. The summed E-state index contributed by atoms with van der Waals surface area (Å²) in [7, 11) is 1.69. The molecular weight excluding hydrogens is 430 g/mol. The first kappa shape index (κ1) is 23.7. The molecule has 0 saturated heterocycles. The zero-order valence-corrected chi connectivity index (χ0v) is 20.1. The highest BCUT2D eigenvalue weighted by Gasteiger charge is 2.18. The van der Waals surface area contributed by atoms with Crippen molar-refractivity contribution < 1.29 is 4.79 Å². The second kappa shape index (κ2) is 11.1. The van der Waals surface area contributed by atoms with Gasteiger partial charge in [-0.05, 0) is 41.3 Å². The molecule has 2 N–H and O–H groups in total. The van der Waals surface area contributed by atoms with Gasteiger partial charge in [0.2, 0.25) is 0 Å². The predicted molar refractivity (Wildman–Crippen MR) is 147 cm³/mol. The lowest BCUT2D eigenvalue weighted by Gasteiger charge is -2.18. The Morgan fingerprint density at radius 2 is 1.57 bits per heavy atom. The molecule has 0 amide bonds. The van der Waals surface area contributed by atoms with Crippen LogP contribution >= 0.6 is 0 Å². The number of hydrogen-bond donors (Lipinski definition) is 2. The van der Waals surface area contributed by atoms with E-state index in [9.17, 15) is 4.79 Å². The average Bonchev–Trinajstić information content (AvgIpc) is 2.91. The molecule has 4 aromatic carbocycles. The number of benzene rings is 4. The minimum atomic E-state index is -0.105. The number of fused-ring (bicyclic) bond motifs is 1. The summed E-state index contributed by atoms with van der Waals surface area (Å²) in [5, 5.41) is 8.63. The van der Waals surface area contributed by atoms with Crippen molar-refractivity contribution in [2.75, 3.05) is 12.4 Å². The number of carbonyl (C=O) groups excluding carboxylic acids is 1. The largest absolute Gasteiger partial charge is 0.341 e. The predicted octanol–water partition coefficient (Wildman–Crippen LogP) is 6.76. The number of nitrogens with zero attached hydrogens (tertiary/aromatic N) is 1. The van der Waals surface area contributed by atoms with Crippen LogP contribution in [-0.2, 0) is 6.42 Å². The van der Waals surface area contributed by atoms with E-state index in [-0.39, 0.29) is 5.78 Å². The highest BCUT2D eigenvalue weighted by Crippen LogP contribution is 2.26. The molecule has 4 rings (SSSR count). The molecule has 0 fully saturated rings. The van der Waals surface area contributed by atoms with Gasteiger partial charge in [0.1, 0.15) is 5.82 Å². The summed E-state index contributed by atoms with van der Waals surface area (Å²) in [6.45, 7) is 6.06. The Balaban J connectivity index is 1.67. The van der Waals surface area contributed by atoms with Crippen molar-refractivity contribution in [2.45, 2.75) is 13.3 Å². The van der Waals surface area contributed by atoms with E-state index in [1.165, 1.54) is 5.56 Å². The Morgan fingerprint density at radius 1 is 0.886 bits per heavy atom. The van der Waals surface area contributed by atoms with E-state index in [1.54, 1.807) is 13.4 Å². The van der Waals surface area contributed by atoms with Gasteiger partial charge >= 0.3 is 0 Å². The van der Waals surface area contributed by atoms with E-state index >= 15 is 0 Å². The minimum Gasteiger partial charge on any atom is -0.341 e. The summed E-state index contributed by atoms with van der Waals surface area (Å²) in [4.78, 5) is 17.6. The summed E-state index contributed by atoms with van der Waals surface area (Å²) in [5.41, 5.74) is 5.10. The van der Waals surface area contributed by atoms with E-state index in [4.69, 9.17) is 0 Å². The number of nitrogens with one attached hydrogen (secondary N) is 2. The number of carbonyl (C=O) groups is 1. The van der Waals surface area contributed by atoms with Gasteiger partial charge in [0.25, 0.3) is 0 Å². The number of Topliss-reactive ketones (excluding diaryl/α,β-unsaturated/α-hetero) is 1. The molecule has 0 saturated carbocycles. The fourth-order valence-electron chi connectivity index (χ4n) is 4.02. The molecule has 0 atom stereocenters. The third-order valence-electron chi connectivity index (χ3n) is 5.99. The first-order valence-electron chi connectivity index (χ1n) is 11.6. The molecule has 174 valence electrons. The standard InChI is InChI=1S/C31H29N3O/c1-22(30(35)28-18-11-16-25-14-7-9-17-27(25)28)23(2)31(33-21-32-3)34-29-19-10-8-15-26(29)20-24-12-5-4-6-13-24/h4-19,21,34H,1,20H2,2-3H3,(H,32,33)/b31-23-. The fraction of sp³-hybridized carbons (Fsp3) is 0.0968. The fourth-order valence-corrected chi connectivity index (χ4v) is 4.02.